The molecular formula is C29H47N7O7. The molecule has 0 aromatic heterocycles. The Morgan fingerprint density at radius 1 is 0.814 bits per heavy atom. The molecule has 2 saturated heterocycles. The maximum Gasteiger partial charge on any atom is 0.413 e. The number of β-lactam (4-membered cyclic amide) rings is 1. The maximum atomic E-state index is 13.0. The van der Waals surface area contributed by atoms with Crippen molar-refractivity contribution in [3.8, 4) is 0 Å². The molecular weight excluding hydrogens is 558 g/mol. The highest BCUT2D eigenvalue weighted by Gasteiger charge is 2.45. The van der Waals surface area contributed by atoms with E-state index >= 15 is 0 Å². The van der Waals surface area contributed by atoms with Crippen LogP contribution in [-0.4, -0.2) is 97.8 Å². The van der Waals surface area contributed by atoms with Gasteiger partial charge in [0.25, 0.3) is 0 Å². The number of amides is 6. The molecule has 6 amide bonds. The van der Waals surface area contributed by atoms with E-state index in [4.69, 9.17) is 15.2 Å². The Morgan fingerprint density at radius 3 is 1.81 bits per heavy atom. The van der Waals surface area contributed by atoms with Crippen LogP contribution in [-0.2, 0) is 19.1 Å². The van der Waals surface area contributed by atoms with Crippen molar-refractivity contribution >= 4 is 36.0 Å². The van der Waals surface area contributed by atoms with Crippen molar-refractivity contribution in [3.05, 3.63) is 0 Å². The second-order valence-electron chi connectivity index (χ2n) is 12.1. The van der Waals surface area contributed by atoms with Gasteiger partial charge in [-0.05, 0) is 50.4 Å². The van der Waals surface area contributed by atoms with Crippen LogP contribution in [0.5, 0.6) is 0 Å². The number of nitrogens with two attached hydrogens (primary N) is 1. The summed E-state index contributed by atoms with van der Waals surface area (Å²) in [5.41, 5.74) is 5.32. The van der Waals surface area contributed by atoms with Gasteiger partial charge < -0.3 is 30.3 Å². The van der Waals surface area contributed by atoms with Gasteiger partial charge in [-0.15, -0.1) is 0 Å². The fourth-order valence-corrected chi connectivity index (χ4v) is 6.26. The fraction of sp³-hybridized carbons (Fsp3) is 0.793. The molecule has 5 N–H and O–H groups in total. The zero-order chi connectivity index (χ0) is 30.6. The molecule has 2 atom stereocenters. The number of carbonyl (C=O) groups excluding carboxylic acids is 5. The first-order valence-corrected chi connectivity index (χ1v) is 15.9. The highest BCUT2D eigenvalue weighted by Crippen LogP contribution is 2.25. The first-order chi connectivity index (χ1) is 20.8. The third-order valence-electron chi connectivity index (χ3n) is 8.94. The van der Waals surface area contributed by atoms with Gasteiger partial charge in [0.2, 0.25) is 17.8 Å². The number of guanidine groups is 1. The molecule has 0 bridgehead atoms. The number of hydrogen-bond donors (Lipinski definition) is 4. The van der Waals surface area contributed by atoms with Crippen LogP contribution in [0.15, 0.2) is 4.99 Å². The van der Waals surface area contributed by atoms with Crippen molar-refractivity contribution in [1.29, 1.82) is 0 Å². The summed E-state index contributed by atoms with van der Waals surface area (Å²) in [6.45, 7) is 2.26. The molecule has 14 heteroatoms. The number of carbonyl (C=O) groups is 5. The van der Waals surface area contributed by atoms with Gasteiger partial charge in [-0.2, -0.15) is 0 Å². The molecule has 0 aromatic carbocycles. The van der Waals surface area contributed by atoms with Gasteiger partial charge >= 0.3 is 18.2 Å². The number of nitrogens with zero attached hydrogens (tertiary/aromatic N) is 3. The van der Waals surface area contributed by atoms with Crippen LogP contribution >= 0.6 is 0 Å². The maximum absolute atomic E-state index is 13.0. The molecule has 43 heavy (non-hydrogen) atoms. The van der Waals surface area contributed by atoms with E-state index in [0.29, 0.717) is 64.1 Å². The highest BCUT2D eigenvalue weighted by atomic mass is 16.6. The minimum Gasteiger partial charge on any atom is -0.449 e. The average Bonchev–Trinajstić information content (AvgIpc) is 3.02. The van der Waals surface area contributed by atoms with Gasteiger partial charge in [0.1, 0.15) is 6.04 Å². The summed E-state index contributed by atoms with van der Waals surface area (Å²) >= 11 is 0. The third-order valence-corrected chi connectivity index (χ3v) is 8.94. The molecule has 2 aliphatic carbocycles. The number of piperazine rings is 1. The normalized spacial score (nSPS) is 22.9. The van der Waals surface area contributed by atoms with Gasteiger partial charge in [0.05, 0.1) is 19.1 Å². The van der Waals surface area contributed by atoms with Crippen molar-refractivity contribution in [2.75, 3.05) is 45.9 Å². The number of alkyl carbamates (subject to hydrolysis) is 2. The van der Waals surface area contributed by atoms with E-state index in [9.17, 15) is 24.0 Å². The quantitative estimate of drug-likeness (QED) is 0.134. The van der Waals surface area contributed by atoms with Crippen LogP contribution in [0.2, 0.25) is 0 Å². The van der Waals surface area contributed by atoms with Crippen molar-refractivity contribution in [2.45, 2.75) is 83.1 Å². The lowest BCUT2D eigenvalue weighted by atomic mass is 9.85. The Kier molecular flexibility index (Phi) is 12.3. The Labute approximate surface area is 252 Å². The third kappa shape index (κ3) is 9.99. The van der Waals surface area contributed by atoms with Crippen molar-refractivity contribution < 1.29 is 33.4 Å². The van der Waals surface area contributed by atoms with E-state index in [1.165, 1.54) is 17.7 Å². The lowest BCUT2D eigenvalue weighted by Gasteiger charge is -2.41. The minimum absolute atomic E-state index is 0.0692. The number of ether oxygens (including phenoxy) is 2. The van der Waals surface area contributed by atoms with Gasteiger partial charge in [-0.3, -0.25) is 25.2 Å². The van der Waals surface area contributed by atoms with Crippen LogP contribution in [0, 0.1) is 17.8 Å². The zero-order valence-corrected chi connectivity index (χ0v) is 25.0. The molecule has 0 radical (unpaired) electrons. The standard InChI is InChI=1S/C29H47N7O7/c30-26(39)36-16-14-35(15-17-36)25(38)23-22(24(37)32-23)12-7-13-31-27(33-28(40)42-18-20-8-3-1-4-9-20)34-29(41)43-19-21-10-5-2-6-11-21/h20-23H,1-19H2,(H2,30,39)(H,32,37)(H2,31,33,34,40,41)/t22-,23+/m1/s1. The van der Waals surface area contributed by atoms with Crippen LogP contribution in [0.4, 0.5) is 14.4 Å². The largest absolute Gasteiger partial charge is 0.449 e. The lowest BCUT2D eigenvalue weighted by Crippen LogP contribution is -2.66. The number of primary amides is 1. The summed E-state index contributed by atoms with van der Waals surface area (Å²) in [5, 5.41) is 7.75. The first kappa shape index (κ1) is 32.3. The van der Waals surface area contributed by atoms with Crippen molar-refractivity contribution in [3.63, 3.8) is 0 Å². The molecule has 2 aliphatic heterocycles. The molecule has 0 aromatic rings. The van der Waals surface area contributed by atoms with Gasteiger partial charge in [0, 0.05) is 32.7 Å². The van der Waals surface area contributed by atoms with E-state index in [0.717, 1.165) is 51.4 Å². The van der Waals surface area contributed by atoms with E-state index in [1.54, 1.807) is 4.90 Å². The minimum atomic E-state index is -0.697. The SMILES string of the molecule is NC(=O)N1CCN(C(=O)[C@H]2NC(=O)[C@@H]2CCCN=C(NC(=O)OCC2CCCCC2)NC(=O)OCC2CCCCC2)CC1. The summed E-state index contributed by atoms with van der Waals surface area (Å²) in [6, 6.07) is -1.14. The molecule has 4 rings (SSSR count). The summed E-state index contributed by atoms with van der Waals surface area (Å²) in [7, 11) is 0. The second-order valence-corrected chi connectivity index (χ2v) is 12.1. The van der Waals surface area contributed by atoms with Crippen LogP contribution in [0.3, 0.4) is 0 Å². The number of nitrogens with one attached hydrogen (secondary N) is 3. The summed E-state index contributed by atoms with van der Waals surface area (Å²) in [5.74, 6) is -0.272. The molecule has 0 spiro atoms. The Hall–Kier alpha value is -3.58. The topological polar surface area (TPSA) is 185 Å². The van der Waals surface area contributed by atoms with Crippen LogP contribution in [0.25, 0.3) is 0 Å². The van der Waals surface area contributed by atoms with Crippen molar-refractivity contribution in [2.24, 2.45) is 28.5 Å². The lowest BCUT2D eigenvalue weighted by molar-refractivity contribution is -0.150. The summed E-state index contributed by atoms with van der Waals surface area (Å²) in [6.07, 6.45) is 10.5. The molecule has 2 saturated carbocycles. The van der Waals surface area contributed by atoms with E-state index in [1.807, 2.05) is 0 Å². The second kappa shape index (κ2) is 16.3. The fourth-order valence-electron chi connectivity index (χ4n) is 6.26. The molecule has 4 aliphatic rings. The summed E-state index contributed by atoms with van der Waals surface area (Å²) < 4.78 is 10.8. The van der Waals surface area contributed by atoms with Gasteiger partial charge in [-0.1, -0.05) is 38.5 Å². The van der Waals surface area contributed by atoms with Crippen molar-refractivity contribution in [1.82, 2.24) is 25.8 Å². The molecule has 14 nitrogen and oxygen atoms in total. The molecule has 240 valence electrons. The summed E-state index contributed by atoms with van der Waals surface area (Å²) in [4.78, 5) is 69.1. The van der Waals surface area contributed by atoms with Crippen LogP contribution in [0.1, 0.15) is 77.0 Å². The van der Waals surface area contributed by atoms with E-state index < -0.39 is 30.2 Å². The first-order valence-electron chi connectivity index (χ1n) is 15.9. The van der Waals surface area contributed by atoms with Gasteiger partial charge in [0.15, 0.2) is 0 Å². The highest BCUT2D eigenvalue weighted by molar-refractivity contribution is 6.01. The molecule has 4 fully saturated rings. The number of urea groups is 1. The predicted molar refractivity (Wildman–Crippen MR) is 157 cm³/mol. The Bertz CT molecular complexity index is 981. The van der Waals surface area contributed by atoms with E-state index in [-0.39, 0.29) is 24.3 Å². The average molecular weight is 606 g/mol. The smallest absolute Gasteiger partial charge is 0.413 e. The van der Waals surface area contributed by atoms with Crippen LogP contribution < -0.4 is 21.7 Å². The molecule has 0 unspecified atom stereocenters. The van der Waals surface area contributed by atoms with E-state index in [2.05, 4.69) is 20.9 Å². The predicted octanol–water partition coefficient (Wildman–Crippen LogP) is 2.07. The Balaban J connectivity index is 1.25. The monoisotopic (exact) mass is 605 g/mol. The van der Waals surface area contributed by atoms with Gasteiger partial charge in [-0.25, -0.2) is 14.4 Å². The number of aliphatic imine (C=N–C) groups is 1. The number of hydrogen-bond acceptors (Lipinski definition) is 8. The molecule has 2 heterocycles. The zero-order valence-electron chi connectivity index (χ0n) is 25.0. The number of rotatable bonds is 9. The Morgan fingerprint density at radius 2 is 1.33 bits per heavy atom.